The third-order valence-corrected chi connectivity index (χ3v) is 5.11. The van der Waals surface area contributed by atoms with Crippen LogP contribution in [0.25, 0.3) is 0 Å². The third kappa shape index (κ3) is 5.68. The number of hydrogen-bond donors (Lipinski definition) is 0. The van der Waals surface area contributed by atoms with Gasteiger partial charge in [-0.15, -0.1) is 0 Å². The second-order valence-electron chi connectivity index (χ2n) is 8.00. The maximum Gasteiger partial charge on any atom is 0.417 e. The van der Waals surface area contributed by atoms with E-state index in [1.165, 1.54) is 4.90 Å². The highest BCUT2D eigenvalue weighted by Crippen LogP contribution is 2.30. The third-order valence-electron chi connectivity index (χ3n) is 5.11. The summed E-state index contributed by atoms with van der Waals surface area (Å²) in [5, 5.41) is 0. The van der Waals surface area contributed by atoms with Gasteiger partial charge in [0.2, 0.25) is 5.91 Å². The van der Waals surface area contributed by atoms with Crippen LogP contribution in [0.1, 0.15) is 52.5 Å². The quantitative estimate of drug-likeness (QED) is 0.421. The van der Waals surface area contributed by atoms with Crippen molar-refractivity contribution in [3.63, 3.8) is 0 Å². The van der Waals surface area contributed by atoms with E-state index < -0.39 is 11.5 Å². The van der Waals surface area contributed by atoms with Gasteiger partial charge in [0.1, 0.15) is 6.61 Å². The van der Waals surface area contributed by atoms with Gasteiger partial charge in [0.25, 0.3) is 0 Å². The van der Waals surface area contributed by atoms with Gasteiger partial charge in [-0.05, 0) is 24.8 Å². The number of imide groups is 1. The van der Waals surface area contributed by atoms with Crippen LogP contribution in [0.15, 0.2) is 42.5 Å². The van der Waals surface area contributed by atoms with E-state index >= 15 is 0 Å². The van der Waals surface area contributed by atoms with E-state index in [1.807, 2.05) is 63.3 Å². The van der Waals surface area contributed by atoms with Crippen LogP contribution >= 0.6 is 0 Å². The molecule has 1 saturated heterocycles. The lowest BCUT2D eigenvalue weighted by atomic mass is 9.87. The molecule has 2 rings (SSSR count). The number of amides is 2. The number of unbranched alkanes of at least 4 members (excludes halogenated alkanes) is 2. The van der Waals surface area contributed by atoms with Crippen molar-refractivity contribution in [3.8, 4) is 0 Å². The number of cyclic esters (lactones) is 1. The van der Waals surface area contributed by atoms with E-state index in [0.29, 0.717) is 6.61 Å². The zero-order valence-corrected chi connectivity index (χ0v) is 17.5. The Kier molecular flexibility index (Phi) is 8.24. The van der Waals surface area contributed by atoms with Crippen LogP contribution in [-0.2, 0) is 20.9 Å². The van der Waals surface area contributed by atoms with Gasteiger partial charge in [-0.1, -0.05) is 76.1 Å². The fourth-order valence-electron chi connectivity index (χ4n) is 3.24. The molecule has 0 unspecified atom stereocenters. The lowest BCUT2D eigenvalue weighted by Gasteiger charge is -2.32. The molecule has 5 heteroatoms. The molecular formula is C23H33NO4. The van der Waals surface area contributed by atoms with Gasteiger partial charge in [0, 0.05) is 0 Å². The molecule has 5 nitrogen and oxygen atoms in total. The second kappa shape index (κ2) is 10.4. The first-order valence-corrected chi connectivity index (χ1v) is 10.2. The summed E-state index contributed by atoms with van der Waals surface area (Å²) in [6.07, 6.45) is 6.42. The molecule has 0 bridgehead atoms. The van der Waals surface area contributed by atoms with Crippen LogP contribution in [0.4, 0.5) is 4.79 Å². The number of nitrogens with zero attached hydrogens (tertiary/aromatic N) is 1. The fourth-order valence-corrected chi connectivity index (χ4v) is 3.24. The van der Waals surface area contributed by atoms with Crippen molar-refractivity contribution in [1.82, 2.24) is 4.90 Å². The van der Waals surface area contributed by atoms with Crippen LogP contribution in [-0.4, -0.2) is 36.2 Å². The van der Waals surface area contributed by atoms with Crippen molar-refractivity contribution < 1.29 is 19.1 Å². The molecule has 0 saturated carbocycles. The lowest BCUT2D eigenvalue weighted by Crippen LogP contribution is -2.49. The first-order chi connectivity index (χ1) is 13.4. The fraction of sp³-hybridized carbons (Fsp3) is 0.565. The predicted molar refractivity (Wildman–Crippen MR) is 110 cm³/mol. The van der Waals surface area contributed by atoms with Crippen molar-refractivity contribution in [3.05, 3.63) is 48.0 Å². The molecule has 0 aliphatic carbocycles. The molecule has 2 amide bonds. The van der Waals surface area contributed by atoms with Crippen molar-refractivity contribution in [1.29, 1.82) is 0 Å². The molecule has 2 atom stereocenters. The average molecular weight is 388 g/mol. The van der Waals surface area contributed by atoms with Gasteiger partial charge >= 0.3 is 6.09 Å². The van der Waals surface area contributed by atoms with Crippen molar-refractivity contribution >= 4 is 12.0 Å². The predicted octanol–water partition coefficient (Wildman–Crippen LogP) is 4.96. The van der Waals surface area contributed by atoms with Crippen LogP contribution in [0.5, 0.6) is 0 Å². The van der Waals surface area contributed by atoms with E-state index in [4.69, 9.17) is 9.47 Å². The maximum absolute atomic E-state index is 13.4. The number of rotatable bonds is 10. The smallest absolute Gasteiger partial charge is 0.417 e. The van der Waals surface area contributed by atoms with Gasteiger partial charge < -0.3 is 9.47 Å². The van der Waals surface area contributed by atoms with Crippen molar-refractivity contribution in [2.75, 3.05) is 13.2 Å². The molecule has 1 aromatic rings. The molecule has 1 aliphatic rings. The number of carbonyl (C=O) groups is 2. The highest BCUT2D eigenvalue weighted by Gasteiger charge is 2.46. The minimum atomic E-state index is -0.918. The standard InChI is InChI=1S/C23H33NO4/c1-5-6-7-11-14-23(4,17-27-15-19-12-9-8-10-13-19)21(25)24-20(18(2)3)16-28-22(24)26/h8-14,18,20H,5-7,15-17H2,1-4H3/b14-11-/t20-,23-/m1/s1. The van der Waals surface area contributed by atoms with E-state index in [-0.39, 0.29) is 31.1 Å². The van der Waals surface area contributed by atoms with Crippen molar-refractivity contribution in [2.24, 2.45) is 11.3 Å². The minimum absolute atomic E-state index is 0.133. The molecule has 1 fully saturated rings. The van der Waals surface area contributed by atoms with Crippen LogP contribution in [0.2, 0.25) is 0 Å². The zero-order chi connectivity index (χ0) is 20.6. The van der Waals surface area contributed by atoms with E-state index in [9.17, 15) is 9.59 Å². The normalized spacial score (nSPS) is 19.2. The molecule has 0 spiro atoms. The largest absolute Gasteiger partial charge is 0.447 e. The Morgan fingerprint density at radius 2 is 2.07 bits per heavy atom. The average Bonchev–Trinajstić information content (AvgIpc) is 3.07. The number of hydrogen-bond acceptors (Lipinski definition) is 4. The first-order valence-electron chi connectivity index (χ1n) is 10.2. The summed E-state index contributed by atoms with van der Waals surface area (Å²) in [4.78, 5) is 27.0. The Bertz CT molecular complexity index is 670. The van der Waals surface area contributed by atoms with Gasteiger partial charge in [-0.2, -0.15) is 0 Å². The summed E-state index contributed by atoms with van der Waals surface area (Å²) in [5.74, 6) is -0.122. The Labute approximate surface area is 168 Å². The molecule has 1 heterocycles. The zero-order valence-electron chi connectivity index (χ0n) is 17.5. The van der Waals surface area contributed by atoms with Gasteiger partial charge in [0.15, 0.2) is 0 Å². The topological polar surface area (TPSA) is 55.8 Å². The van der Waals surface area contributed by atoms with E-state index in [0.717, 1.165) is 24.8 Å². The summed E-state index contributed by atoms with van der Waals surface area (Å²) in [5.41, 5.74) is 0.131. The second-order valence-corrected chi connectivity index (χ2v) is 8.00. The first kappa shape index (κ1) is 22.2. The molecular weight excluding hydrogens is 354 g/mol. The Morgan fingerprint density at radius 3 is 2.71 bits per heavy atom. The molecule has 0 N–H and O–H groups in total. The Hall–Kier alpha value is -2.14. The number of carbonyl (C=O) groups excluding carboxylic acids is 2. The Morgan fingerprint density at radius 1 is 1.36 bits per heavy atom. The van der Waals surface area contributed by atoms with Crippen LogP contribution in [0, 0.1) is 11.3 Å². The molecule has 154 valence electrons. The van der Waals surface area contributed by atoms with E-state index in [2.05, 4.69) is 6.92 Å². The van der Waals surface area contributed by atoms with E-state index in [1.54, 1.807) is 0 Å². The monoisotopic (exact) mass is 387 g/mol. The molecule has 1 aliphatic heterocycles. The molecule has 0 aromatic heterocycles. The number of benzene rings is 1. The summed E-state index contributed by atoms with van der Waals surface area (Å²) in [6, 6.07) is 9.62. The molecule has 28 heavy (non-hydrogen) atoms. The van der Waals surface area contributed by atoms with Crippen LogP contribution < -0.4 is 0 Å². The number of ether oxygens (including phenoxy) is 2. The summed E-state index contributed by atoms with van der Waals surface area (Å²) in [6.45, 7) is 8.84. The molecule has 1 aromatic carbocycles. The summed E-state index contributed by atoms with van der Waals surface area (Å²) in [7, 11) is 0. The summed E-state index contributed by atoms with van der Waals surface area (Å²) < 4.78 is 11.1. The highest BCUT2D eigenvalue weighted by molar-refractivity contribution is 5.97. The molecule has 0 radical (unpaired) electrons. The number of allylic oxidation sites excluding steroid dienone is 1. The minimum Gasteiger partial charge on any atom is -0.447 e. The van der Waals surface area contributed by atoms with Gasteiger partial charge in [-0.3, -0.25) is 4.79 Å². The van der Waals surface area contributed by atoms with Gasteiger partial charge in [-0.25, -0.2) is 9.69 Å². The van der Waals surface area contributed by atoms with Crippen LogP contribution in [0.3, 0.4) is 0 Å². The SMILES string of the molecule is CCCC/C=C\[C@](C)(COCc1ccccc1)C(=O)N1C(=O)OC[C@@H]1C(C)C. The summed E-state index contributed by atoms with van der Waals surface area (Å²) >= 11 is 0. The van der Waals surface area contributed by atoms with Crippen molar-refractivity contribution in [2.45, 2.75) is 59.6 Å². The lowest BCUT2D eigenvalue weighted by molar-refractivity contribution is -0.140. The highest BCUT2D eigenvalue weighted by atomic mass is 16.6. The van der Waals surface area contributed by atoms with Gasteiger partial charge in [0.05, 0.1) is 24.7 Å². The Balaban J connectivity index is 2.15. The maximum atomic E-state index is 13.4.